The highest BCUT2D eigenvalue weighted by Crippen LogP contribution is 2.18. The molecular weight excluding hydrogens is 260 g/mol. The van der Waals surface area contributed by atoms with Crippen molar-refractivity contribution in [2.24, 2.45) is 0 Å². The summed E-state index contributed by atoms with van der Waals surface area (Å²) in [5.41, 5.74) is 0.907. The van der Waals surface area contributed by atoms with E-state index in [-0.39, 0.29) is 13.2 Å². The lowest BCUT2D eigenvalue weighted by molar-refractivity contribution is -0.146. The first-order chi connectivity index (χ1) is 8.58. The highest BCUT2D eigenvalue weighted by Gasteiger charge is 2.12. The maximum atomic E-state index is 11.5. The molecule has 0 fully saturated rings. The van der Waals surface area contributed by atoms with Gasteiger partial charge in [0.25, 0.3) is 0 Å². The molecule has 18 heavy (non-hydrogen) atoms. The molecule has 0 saturated carbocycles. The molecule has 6 heteroatoms. The van der Waals surface area contributed by atoms with Gasteiger partial charge in [0.15, 0.2) is 0 Å². The Hall–Kier alpha value is -1.59. The van der Waals surface area contributed by atoms with E-state index >= 15 is 0 Å². The molecule has 1 aromatic rings. The van der Waals surface area contributed by atoms with Crippen LogP contribution < -0.4 is 0 Å². The van der Waals surface area contributed by atoms with Gasteiger partial charge in [-0.25, -0.2) is 9.59 Å². The Kier molecular flexibility index (Phi) is 5.61. The molecule has 5 nitrogen and oxygen atoms in total. The van der Waals surface area contributed by atoms with Gasteiger partial charge < -0.3 is 14.2 Å². The smallest absolute Gasteiger partial charge is 0.338 e. The lowest BCUT2D eigenvalue weighted by Gasteiger charge is -2.08. The normalized spacial score (nSPS) is 9.94. The monoisotopic (exact) mass is 272 g/mol. The van der Waals surface area contributed by atoms with Crippen LogP contribution >= 0.6 is 11.6 Å². The molecule has 0 atom stereocenters. The summed E-state index contributed by atoms with van der Waals surface area (Å²) >= 11 is 5.83. The number of ether oxygens (including phenoxy) is 3. The molecule has 0 radical (unpaired) electrons. The number of carbonyl (C=O) groups is 2. The highest BCUT2D eigenvalue weighted by molar-refractivity contribution is 6.30. The quantitative estimate of drug-likeness (QED) is 0.765. The van der Waals surface area contributed by atoms with Gasteiger partial charge in [-0.3, -0.25) is 0 Å². The number of rotatable bonds is 5. The summed E-state index contributed by atoms with van der Waals surface area (Å²) in [6, 6.07) is 4.72. The Morgan fingerprint density at radius 3 is 2.56 bits per heavy atom. The van der Waals surface area contributed by atoms with Crippen molar-refractivity contribution in [3.63, 3.8) is 0 Å². The van der Waals surface area contributed by atoms with Crippen LogP contribution in [0.1, 0.15) is 15.9 Å². The number of carbonyl (C=O) groups excluding carboxylic acids is 2. The second-order valence-corrected chi connectivity index (χ2v) is 3.80. The first kappa shape index (κ1) is 14.5. The third-order valence-electron chi connectivity index (χ3n) is 2.18. The molecular formula is C12H13ClO5. The summed E-state index contributed by atoms with van der Waals surface area (Å²) in [4.78, 5) is 22.4. The summed E-state index contributed by atoms with van der Waals surface area (Å²) < 4.78 is 14.2. The summed E-state index contributed by atoms with van der Waals surface area (Å²) in [5, 5.41) is 0.472. The van der Waals surface area contributed by atoms with Gasteiger partial charge in [0.05, 0.1) is 26.4 Å². The predicted octanol–water partition coefficient (Wildman–Crippen LogP) is 1.82. The Morgan fingerprint density at radius 1 is 1.22 bits per heavy atom. The van der Waals surface area contributed by atoms with E-state index in [0.717, 1.165) is 0 Å². The summed E-state index contributed by atoms with van der Waals surface area (Å²) in [6.07, 6.45) is 0. The zero-order valence-electron chi connectivity index (χ0n) is 10.1. The Balaban J connectivity index is 2.76. The Labute approximate surface area is 110 Å². The van der Waals surface area contributed by atoms with Gasteiger partial charge in [-0.1, -0.05) is 11.6 Å². The molecule has 1 aromatic carbocycles. The maximum Gasteiger partial charge on any atom is 0.338 e. The van der Waals surface area contributed by atoms with Crippen molar-refractivity contribution in [1.82, 2.24) is 0 Å². The topological polar surface area (TPSA) is 61.8 Å². The molecule has 0 bridgehead atoms. The van der Waals surface area contributed by atoms with Crippen LogP contribution in [0.2, 0.25) is 5.02 Å². The zero-order chi connectivity index (χ0) is 13.5. The van der Waals surface area contributed by atoms with Crippen LogP contribution in [0.25, 0.3) is 0 Å². The van der Waals surface area contributed by atoms with Crippen LogP contribution in [0.4, 0.5) is 0 Å². The third kappa shape index (κ3) is 4.01. The average Bonchev–Trinajstić information content (AvgIpc) is 2.37. The summed E-state index contributed by atoms with van der Waals surface area (Å²) in [6.45, 7) is -0.121. The van der Waals surface area contributed by atoms with Crippen molar-refractivity contribution in [3.8, 4) is 0 Å². The molecule has 0 amide bonds. The van der Waals surface area contributed by atoms with Gasteiger partial charge in [-0.15, -0.1) is 0 Å². The van der Waals surface area contributed by atoms with Crippen molar-refractivity contribution in [2.75, 3.05) is 20.8 Å². The Bertz CT molecular complexity index is 444. The van der Waals surface area contributed by atoms with Crippen LogP contribution in [0.15, 0.2) is 18.2 Å². The number of halogens is 1. The first-order valence-electron chi connectivity index (χ1n) is 5.09. The first-order valence-corrected chi connectivity index (χ1v) is 5.47. The van der Waals surface area contributed by atoms with E-state index in [0.29, 0.717) is 16.1 Å². The number of hydrogen-bond donors (Lipinski definition) is 0. The highest BCUT2D eigenvalue weighted by atomic mass is 35.5. The predicted molar refractivity (Wildman–Crippen MR) is 64.5 cm³/mol. The van der Waals surface area contributed by atoms with Gasteiger partial charge in [0.2, 0.25) is 0 Å². The second kappa shape index (κ2) is 6.98. The molecule has 0 unspecified atom stereocenters. The van der Waals surface area contributed by atoms with Crippen LogP contribution in [0, 0.1) is 0 Å². The third-order valence-corrected chi connectivity index (χ3v) is 2.41. The van der Waals surface area contributed by atoms with Crippen LogP contribution in [0.3, 0.4) is 0 Å². The van der Waals surface area contributed by atoms with E-state index in [1.165, 1.54) is 14.2 Å². The van der Waals surface area contributed by atoms with Crippen molar-refractivity contribution >= 4 is 23.5 Å². The SMILES string of the molecule is COC(=O)COCc1cc(Cl)ccc1C(=O)OC. The van der Waals surface area contributed by atoms with E-state index in [9.17, 15) is 9.59 Å². The van der Waals surface area contributed by atoms with Crippen molar-refractivity contribution in [1.29, 1.82) is 0 Å². The number of hydrogen-bond acceptors (Lipinski definition) is 5. The lowest BCUT2D eigenvalue weighted by atomic mass is 10.1. The molecule has 0 aliphatic heterocycles. The lowest BCUT2D eigenvalue weighted by Crippen LogP contribution is -2.12. The largest absolute Gasteiger partial charge is 0.467 e. The molecule has 0 saturated heterocycles. The molecule has 98 valence electrons. The summed E-state index contributed by atoms with van der Waals surface area (Å²) in [7, 11) is 2.56. The fourth-order valence-corrected chi connectivity index (χ4v) is 1.49. The van der Waals surface area contributed by atoms with Gasteiger partial charge >= 0.3 is 11.9 Å². The fraction of sp³-hybridized carbons (Fsp3) is 0.333. The standard InChI is InChI=1S/C12H13ClO5/c1-16-11(14)7-18-6-8-5-9(13)3-4-10(8)12(15)17-2/h3-5H,6-7H2,1-2H3. The zero-order valence-corrected chi connectivity index (χ0v) is 10.8. The molecule has 0 spiro atoms. The molecule has 1 rings (SSSR count). The van der Waals surface area contributed by atoms with Crippen molar-refractivity contribution in [2.45, 2.75) is 6.61 Å². The van der Waals surface area contributed by atoms with Crippen molar-refractivity contribution < 1.29 is 23.8 Å². The van der Waals surface area contributed by atoms with Gasteiger partial charge in [0.1, 0.15) is 6.61 Å². The van der Waals surface area contributed by atoms with E-state index < -0.39 is 11.9 Å². The van der Waals surface area contributed by atoms with Gasteiger partial charge in [-0.2, -0.15) is 0 Å². The number of methoxy groups -OCH3 is 2. The molecule has 0 aliphatic carbocycles. The fourth-order valence-electron chi connectivity index (χ4n) is 1.29. The minimum atomic E-state index is -0.489. The maximum absolute atomic E-state index is 11.5. The van der Waals surface area contributed by atoms with E-state index in [2.05, 4.69) is 9.47 Å². The van der Waals surface area contributed by atoms with Gasteiger partial charge in [0, 0.05) is 5.02 Å². The average molecular weight is 273 g/mol. The van der Waals surface area contributed by atoms with E-state index in [1.54, 1.807) is 18.2 Å². The number of benzene rings is 1. The minimum Gasteiger partial charge on any atom is -0.467 e. The van der Waals surface area contributed by atoms with Crippen LogP contribution in [0.5, 0.6) is 0 Å². The Morgan fingerprint density at radius 2 is 1.94 bits per heavy atom. The van der Waals surface area contributed by atoms with E-state index in [4.69, 9.17) is 16.3 Å². The van der Waals surface area contributed by atoms with Crippen LogP contribution in [-0.4, -0.2) is 32.8 Å². The molecule has 0 aromatic heterocycles. The second-order valence-electron chi connectivity index (χ2n) is 3.36. The molecule has 0 N–H and O–H groups in total. The molecule has 0 aliphatic rings. The van der Waals surface area contributed by atoms with E-state index in [1.807, 2.05) is 0 Å². The minimum absolute atomic E-state index is 0.0695. The van der Waals surface area contributed by atoms with Crippen molar-refractivity contribution in [3.05, 3.63) is 34.3 Å². The van der Waals surface area contributed by atoms with Crippen LogP contribution in [-0.2, 0) is 25.6 Å². The van der Waals surface area contributed by atoms with Gasteiger partial charge in [-0.05, 0) is 23.8 Å². The summed E-state index contributed by atoms with van der Waals surface area (Å²) in [5.74, 6) is -0.972. The molecule has 0 heterocycles. The number of esters is 2.